The Morgan fingerprint density at radius 2 is 0.794 bits per heavy atom. The number of nitrogens with zero attached hydrogens (tertiary/aromatic N) is 1. The van der Waals surface area contributed by atoms with Gasteiger partial charge < -0.3 is 18.9 Å². The minimum atomic E-state index is -4.39. The van der Waals surface area contributed by atoms with E-state index in [1.807, 2.05) is 21.1 Å². The monoisotopic (exact) mass is 969 g/mol. The van der Waals surface area contributed by atoms with Crippen LogP contribution in [0.5, 0.6) is 0 Å². The van der Waals surface area contributed by atoms with Crippen LogP contribution in [0.15, 0.2) is 109 Å². The van der Waals surface area contributed by atoms with Crippen LogP contribution in [0.2, 0.25) is 0 Å². The number of hydrogen-bond acceptors (Lipinski definition) is 7. The van der Waals surface area contributed by atoms with E-state index < -0.39 is 32.5 Å². The molecule has 2 atom stereocenters. The number of ether oxygens (including phenoxy) is 2. The van der Waals surface area contributed by atoms with Gasteiger partial charge in [0.2, 0.25) is 0 Å². The lowest BCUT2D eigenvalue weighted by Crippen LogP contribution is -2.37. The van der Waals surface area contributed by atoms with Crippen LogP contribution in [-0.4, -0.2) is 74.9 Å². The van der Waals surface area contributed by atoms with Crippen LogP contribution >= 0.6 is 7.82 Å². The van der Waals surface area contributed by atoms with E-state index in [9.17, 15) is 19.0 Å². The molecule has 0 amide bonds. The highest BCUT2D eigenvalue weighted by Crippen LogP contribution is 2.43. The molecule has 0 fully saturated rings. The van der Waals surface area contributed by atoms with Gasteiger partial charge in [-0.05, 0) is 96.3 Å². The SMILES string of the molecule is CC/C=C\C/C=C\C/C=C\C/C=C\C/C=C\C/C=C\CCCCCCCCCCCCCCC(=O)OC(COC(=O)CCCCC/C=C\C/C=C\C/C=C\CC)COP(=O)(O)OCC[N+](C)(C)C. The number of unbranched alkanes of at least 4 members (excludes halogenated alkanes) is 15. The molecule has 2 unspecified atom stereocenters. The van der Waals surface area contributed by atoms with Gasteiger partial charge in [0.25, 0.3) is 0 Å². The number of rotatable bonds is 47. The average molecular weight is 969 g/mol. The van der Waals surface area contributed by atoms with Crippen molar-refractivity contribution < 1.29 is 42.1 Å². The predicted molar refractivity (Wildman–Crippen MR) is 288 cm³/mol. The van der Waals surface area contributed by atoms with E-state index in [2.05, 4.69) is 123 Å². The van der Waals surface area contributed by atoms with Crippen molar-refractivity contribution >= 4 is 19.8 Å². The normalized spacial score (nSPS) is 14.3. The molecule has 0 aliphatic carbocycles. The van der Waals surface area contributed by atoms with Crippen molar-refractivity contribution in [1.82, 2.24) is 0 Å². The Morgan fingerprint density at radius 3 is 1.19 bits per heavy atom. The van der Waals surface area contributed by atoms with Crippen LogP contribution in [-0.2, 0) is 32.7 Å². The van der Waals surface area contributed by atoms with Gasteiger partial charge in [0.1, 0.15) is 19.8 Å². The maximum atomic E-state index is 12.8. The summed E-state index contributed by atoms with van der Waals surface area (Å²) in [6.07, 6.45) is 67.3. The molecule has 0 saturated heterocycles. The third-order valence-electron chi connectivity index (χ3n) is 10.8. The van der Waals surface area contributed by atoms with E-state index in [-0.39, 0.29) is 26.1 Å². The molecule has 0 radical (unpaired) electrons. The zero-order valence-corrected chi connectivity index (χ0v) is 44.7. The lowest BCUT2D eigenvalue weighted by molar-refractivity contribution is -0.870. The molecule has 0 heterocycles. The van der Waals surface area contributed by atoms with Gasteiger partial charge in [0, 0.05) is 12.8 Å². The van der Waals surface area contributed by atoms with Crippen molar-refractivity contribution in [3.8, 4) is 0 Å². The Kier molecular flexibility index (Phi) is 46.3. The lowest BCUT2D eigenvalue weighted by Gasteiger charge is -2.24. The van der Waals surface area contributed by atoms with Crippen molar-refractivity contribution in [2.75, 3.05) is 47.5 Å². The summed E-state index contributed by atoms with van der Waals surface area (Å²) in [7, 11) is 1.44. The molecule has 0 aliphatic rings. The highest BCUT2D eigenvalue weighted by Gasteiger charge is 2.27. The van der Waals surface area contributed by atoms with Crippen LogP contribution in [0.1, 0.15) is 194 Å². The quantitative estimate of drug-likeness (QED) is 0.0211. The second-order valence-electron chi connectivity index (χ2n) is 18.5. The summed E-state index contributed by atoms with van der Waals surface area (Å²) in [4.78, 5) is 35.5. The van der Waals surface area contributed by atoms with Crippen molar-refractivity contribution in [2.45, 2.75) is 200 Å². The second kappa shape index (κ2) is 48.7. The fourth-order valence-corrected chi connectivity index (χ4v) is 7.48. The fourth-order valence-electron chi connectivity index (χ4n) is 6.74. The number of phosphoric acid groups is 1. The number of carbonyl (C=O) groups excluding carboxylic acids is 2. The first kappa shape index (κ1) is 64.7. The summed E-state index contributed by atoms with van der Waals surface area (Å²) in [6, 6.07) is 0. The third kappa shape index (κ3) is 52.0. The first-order valence-electron chi connectivity index (χ1n) is 26.6. The van der Waals surface area contributed by atoms with Gasteiger partial charge in [-0.15, -0.1) is 0 Å². The van der Waals surface area contributed by atoms with Gasteiger partial charge in [0.15, 0.2) is 6.10 Å². The molecule has 0 bridgehead atoms. The molecule has 0 saturated carbocycles. The Balaban J connectivity index is 4.16. The minimum absolute atomic E-state index is 0.0212. The molecule has 0 spiro atoms. The maximum Gasteiger partial charge on any atom is 0.472 e. The standard InChI is InChI=1S/C58H98NO8P/c1-6-8-10-12-14-16-18-20-21-22-23-24-25-26-27-28-29-30-31-32-33-34-35-36-37-39-41-43-45-47-49-51-58(61)67-56(55-66-68(62,63)65-53-52-59(3,4)5)54-64-57(60)50-48-46-44-42-40-38-19-17-15-13-11-9-7-2/h8-11,14-17,20-21,23-24,26-27,29-30,38,40,56H,6-7,12-13,18-19,22,25,28,31-37,39,41-55H2,1-5H3/p+1/b10-8-,11-9-,16-14-,17-15-,21-20-,24-23-,27-26-,30-29-,40-38-. The summed E-state index contributed by atoms with van der Waals surface area (Å²) in [5.41, 5.74) is 0. The van der Waals surface area contributed by atoms with Gasteiger partial charge in [-0.25, -0.2) is 4.57 Å². The first-order chi connectivity index (χ1) is 33.0. The number of quaternary nitrogens is 1. The molecular formula is C58H99NO8P+. The predicted octanol–water partition coefficient (Wildman–Crippen LogP) is 16.2. The Bertz CT molecular complexity index is 1520. The summed E-state index contributed by atoms with van der Waals surface area (Å²) < 4.78 is 34.4. The molecule has 9 nitrogen and oxygen atoms in total. The molecule has 0 rings (SSSR count). The molecule has 0 aromatic carbocycles. The molecule has 0 aromatic rings. The van der Waals surface area contributed by atoms with E-state index in [1.165, 1.54) is 57.8 Å². The molecule has 68 heavy (non-hydrogen) atoms. The first-order valence-corrected chi connectivity index (χ1v) is 28.1. The zero-order chi connectivity index (χ0) is 49.9. The van der Waals surface area contributed by atoms with Gasteiger partial charge in [-0.1, -0.05) is 194 Å². The summed E-state index contributed by atoms with van der Waals surface area (Å²) in [6.45, 7) is 4.14. The molecular weight excluding hydrogens is 870 g/mol. The number of carbonyl (C=O) groups is 2. The molecule has 1 N–H and O–H groups in total. The van der Waals surface area contributed by atoms with Gasteiger partial charge in [-0.3, -0.25) is 18.6 Å². The summed E-state index contributed by atoms with van der Waals surface area (Å²) in [5.74, 6) is -0.842. The van der Waals surface area contributed by atoms with E-state index in [1.54, 1.807) is 0 Å². The second-order valence-corrected chi connectivity index (χ2v) is 19.9. The van der Waals surface area contributed by atoms with Gasteiger partial charge in [0.05, 0.1) is 27.7 Å². The van der Waals surface area contributed by atoms with Crippen LogP contribution in [0.4, 0.5) is 0 Å². The third-order valence-corrected chi connectivity index (χ3v) is 11.8. The molecule has 388 valence electrons. The Labute approximate surface area is 416 Å². The highest BCUT2D eigenvalue weighted by molar-refractivity contribution is 7.47. The van der Waals surface area contributed by atoms with Crippen molar-refractivity contribution in [3.63, 3.8) is 0 Å². The molecule has 0 aliphatic heterocycles. The summed E-state index contributed by atoms with van der Waals surface area (Å²) >= 11 is 0. The summed E-state index contributed by atoms with van der Waals surface area (Å²) in [5, 5.41) is 0. The highest BCUT2D eigenvalue weighted by atomic mass is 31.2. The van der Waals surface area contributed by atoms with Gasteiger partial charge in [-0.2, -0.15) is 0 Å². The molecule has 0 aromatic heterocycles. The average Bonchev–Trinajstić information content (AvgIpc) is 3.30. The van der Waals surface area contributed by atoms with E-state index in [0.717, 1.165) is 96.3 Å². The van der Waals surface area contributed by atoms with Gasteiger partial charge >= 0.3 is 19.8 Å². The number of esters is 2. The van der Waals surface area contributed by atoms with Crippen LogP contribution in [0.25, 0.3) is 0 Å². The van der Waals surface area contributed by atoms with Crippen molar-refractivity contribution in [2.24, 2.45) is 0 Å². The minimum Gasteiger partial charge on any atom is -0.462 e. The number of allylic oxidation sites excluding steroid dienone is 18. The Morgan fingerprint density at radius 1 is 0.456 bits per heavy atom. The molecule has 10 heteroatoms. The number of phosphoric ester groups is 1. The lowest BCUT2D eigenvalue weighted by atomic mass is 10.0. The van der Waals surface area contributed by atoms with Crippen LogP contribution < -0.4 is 0 Å². The largest absolute Gasteiger partial charge is 0.472 e. The van der Waals surface area contributed by atoms with Crippen molar-refractivity contribution in [1.29, 1.82) is 0 Å². The van der Waals surface area contributed by atoms with E-state index in [0.29, 0.717) is 23.9 Å². The maximum absolute atomic E-state index is 12.8. The number of hydrogen-bond donors (Lipinski definition) is 1. The zero-order valence-electron chi connectivity index (χ0n) is 43.8. The Hall–Kier alpha value is -3.33. The van der Waals surface area contributed by atoms with E-state index >= 15 is 0 Å². The fraction of sp³-hybridized carbons (Fsp3) is 0.655. The van der Waals surface area contributed by atoms with Crippen LogP contribution in [0, 0.1) is 0 Å². The van der Waals surface area contributed by atoms with Crippen LogP contribution in [0.3, 0.4) is 0 Å². The topological polar surface area (TPSA) is 108 Å². The van der Waals surface area contributed by atoms with Crippen molar-refractivity contribution in [3.05, 3.63) is 109 Å². The van der Waals surface area contributed by atoms with E-state index in [4.69, 9.17) is 18.5 Å². The smallest absolute Gasteiger partial charge is 0.462 e. The number of likely N-dealkylation sites (N-methyl/N-ethyl adjacent to an activating group) is 1.